The van der Waals surface area contributed by atoms with Crippen molar-refractivity contribution >= 4 is 5.97 Å². The minimum Gasteiger partial charge on any atom is -0.507 e. The van der Waals surface area contributed by atoms with Crippen molar-refractivity contribution in [2.24, 2.45) is 5.73 Å². The molecule has 0 bridgehead atoms. The van der Waals surface area contributed by atoms with E-state index < -0.39 is 12.1 Å². The van der Waals surface area contributed by atoms with E-state index in [4.69, 9.17) is 21.1 Å². The Bertz CT molecular complexity index is 279. The van der Waals surface area contributed by atoms with Gasteiger partial charge in [0, 0.05) is 12.0 Å². The first kappa shape index (κ1) is 8.61. The molecule has 0 aromatic rings. The minimum atomic E-state index is -1.19. The third-order valence-corrected chi connectivity index (χ3v) is 1.63. The van der Waals surface area contributed by atoms with E-state index in [1.165, 1.54) is 0 Å². The Kier molecular flexibility index (Phi) is 2.05. The summed E-state index contributed by atoms with van der Waals surface area (Å²) in [7, 11) is 0. The lowest BCUT2D eigenvalue weighted by Crippen LogP contribution is -2.22. The zero-order chi connectivity index (χ0) is 9.30. The van der Waals surface area contributed by atoms with Crippen LogP contribution in [0, 0.1) is 0 Å². The molecular weight excluding hydrogens is 162 g/mol. The summed E-state index contributed by atoms with van der Waals surface area (Å²) in [4.78, 5) is 10.4. The van der Waals surface area contributed by atoms with Gasteiger partial charge in [-0.05, 0) is 6.08 Å². The van der Waals surface area contributed by atoms with Crippen LogP contribution in [0.2, 0.25) is 0 Å². The highest BCUT2D eigenvalue weighted by atomic mass is 16.4. The monoisotopic (exact) mass is 171 g/mol. The third-order valence-electron chi connectivity index (χ3n) is 1.63. The van der Waals surface area contributed by atoms with Crippen LogP contribution in [0.1, 0.15) is 6.42 Å². The average Bonchev–Trinajstić information content (AvgIpc) is 1.99. The van der Waals surface area contributed by atoms with Gasteiger partial charge < -0.3 is 21.1 Å². The van der Waals surface area contributed by atoms with E-state index in [-0.39, 0.29) is 23.5 Å². The number of hydrogen-bond donors (Lipinski definition) is 4. The fourth-order valence-corrected chi connectivity index (χ4v) is 0.967. The first-order chi connectivity index (χ1) is 5.52. The first-order valence-corrected chi connectivity index (χ1v) is 3.33. The fourth-order valence-electron chi connectivity index (χ4n) is 0.967. The van der Waals surface area contributed by atoms with Gasteiger partial charge in [-0.1, -0.05) is 0 Å². The van der Waals surface area contributed by atoms with E-state index in [0.717, 1.165) is 6.08 Å². The lowest BCUT2D eigenvalue weighted by molar-refractivity contribution is -0.133. The van der Waals surface area contributed by atoms with E-state index in [1.807, 2.05) is 0 Å². The number of hydrogen-bond acceptors (Lipinski definition) is 4. The molecule has 0 heterocycles. The molecule has 0 amide bonds. The van der Waals surface area contributed by atoms with Crippen LogP contribution in [0.15, 0.2) is 23.1 Å². The normalized spacial score (nSPS) is 23.8. The molecule has 0 saturated heterocycles. The Morgan fingerprint density at radius 2 is 2.25 bits per heavy atom. The van der Waals surface area contributed by atoms with Gasteiger partial charge in [-0.25, -0.2) is 4.79 Å². The van der Waals surface area contributed by atoms with Crippen molar-refractivity contribution in [1.29, 1.82) is 0 Å². The third kappa shape index (κ3) is 1.40. The second kappa shape index (κ2) is 2.86. The molecule has 1 atom stereocenters. The Hall–Kier alpha value is -1.49. The van der Waals surface area contributed by atoms with E-state index >= 15 is 0 Å². The maximum absolute atomic E-state index is 10.4. The van der Waals surface area contributed by atoms with Gasteiger partial charge in [-0.3, -0.25) is 0 Å². The van der Waals surface area contributed by atoms with E-state index in [2.05, 4.69) is 0 Å². The number of carbonyl (C=O) groups is 1. The van der Waals surface area contributed by atoms with Gasteiger partial charge in [0.25, 0.3) is 0 Å². The fraction of sp³-hybridized carbons (Fsp3) is 0.286. The lowest BCUT2D eigenvalue weighted by atomic mass is 9.99. The van der Waals surface area contributed by atoms with Crippen LogP contribution in [0.5, 0.6) is 0 Å². The number of nitrogens with two attached hydrogens (primary N) is 1. The Labute approximate surface area is 68.4 Å². The molecule has 0 fully saturated rings. The van der Waals surface area contributed by atoms with Crippen molar-refractivity contribution in [3.63, 3.8) is 0 Å². The first-order valence-electron chi connectivity index (χ1n) is 3.33. The lowest BCUT2D eigenvalue weighted by Gasteiger charge is -2.16. The molecule has 0 unspecified atom stereocenters. The molecule has 5 N–H and O–H groups in total. The standard InChI is InChI=1S/C7H9NO4/c8-4-1-3(7(11)12)2-5(9)6(4)10/h1,5,9-10H,2,8H2,(H,11,12)/t5-/m1/s1. The summed E-state index contributed by atoms with van der Waals surface area (Å²) in [6, 6.07) is 0. The molecule has 12 heavy (non-hydrogen) atoms. The number of aliphatic hydroxyl groups excluding tert-OH is 2. The molecule has 0 aromatic carbocycles. The predicted molar refractivity (Wildman–Crippen MR) is 40.2 cm³/mol. The van der Waals surface area contributed by atoms with E-state index in [0.29, 0.717) is 0 Å². The van der Waals surface area contributed by atoms with E-state index in [1.54, 1.807) is 0 Å². The average molecular weight is 171 g/mol. The number of rotatable bonds is 1. The number of aliphatic hydroxyl groups is 2. The van der Waals surface area contributed by atoms with Crippen molar-refractivity contribution in [2.45, 2.75) is 12.5 Å². The zero-order valence-electron chi connectivity index (χ0n) is 6.19. The molecule has 5 heteroatoms. The second-order valence-corrected chi connectivity index (χ2v) is 2.54. The van der Waals surface area contributed by atoms with Crippen LogP contribution >= 0.6 is 0 Å². The molecule has 0 saturated carbocycles. The van der Waals surface area contributed by atoms with Crippen LogP contribution in [0.3, 0.4) is 0 Å². The number of allylic oxidation sites excluding steroid dienone is 1. The van der Waals surface area contributed by atoms with Crippen LogP contribution in [-0.4, -0.2) is 27.4 Å². The summed E-state index contributed by atoms with van der Waals surface area (Å²) in [6.07, 6.45) is -0.159. The van der Waals surface area contributed by atoms with Crippen LogP contribution in [0.25, 0.3) is 0 Å². The predicted octanol–water partition coefficient (Wildman–Crippen LogP) is -0.510. The summed E-state index contributed by atoms with van der Waals surface area (Å²) >= 11 is 0. The van der Waals surface area contributed by atoms with Crippen LogP contribution in [0.4, 0.5) is 0 Å². The Morgan fingerprint density at radius 3 is 2.67 bits per heavy atom. The summed E-state index contributed by atoms with van der Waals surface area (Å²) in [5, 5.41) is 26.6. The number of carboxylic acids is 1. The minimum absolute atomic E-state index is 0.00204. The molecule has 1 aliphatic rings. The quantitative estimate of drug-likeness (QED) is 0.425. The highest BCUT2D eigenvalue weighted by Gasteiger charge is 2.23. The molecular formula is C7H9NO4. The van der Waals surface area contributed by atoms with Gasteiger partial charge in [0.15, 0.2) is 0 Å². The molecule has 1 aliphatic carbocycles. The maximum atomic E-state index is 10.4. The van der Waals surface area contributed by atoms with Gasteiger partial charge in [-0.2, -0.15) is 0 Å². The topological polar surface area (TPSA) is 104 Å². The van der Waals surface area contributed by atoms with Gasteiger partial charge >= 0.3 is 5.97 Å². The van der Waals surface area contributed by atoms with Gasteiger partial charge in [-0.15, -0.1) is 0 Å². The van der Waals surface area contributed by atoms with Crippen molar-refractivity contribution in [1.82, 2.24) is 0 Å². The van der Waals surface area contributed by atoms with Crippen molar-refractivity contribution < 1.29 is 20.1 Å². The molecule has 0 radical (unpaired) electrons. The summed E-state index contributed by atoms with van der Waals surface area (Å²) < 4.78 is 0. The molecule has 0 aromatic heterocycles. The van der Waals surface area contributed by atoms with Gasteiger partial charge in [0.1, 0.15) is 11.9 Å². The summed E-state index contributed by atoms with van der Waals surface area (Å²) in [5.74, 6) is -1.50. The van der Waals surface area contributed by atoms with Crippen molar-refractivity contribution in [3.8, 4) is 0 Å². The highest BCUT2D eigenvalue weighted by molar-refractivity contribution is 5.87. The van der Waals surface area contributed by atoms with E-state index in [9.17, 15) is 4.79 Å². The number of aliphatic carboxylic acids is 1. The smallest absolute Gasteiger partial charge is 0.331 e. The molecule has 0 aliphatic heterocycles. The van der Waals surface area contributed by atoms with Gasteiger partial charge in [0.2, 0.25) is 0 Å². The number of carboxylic acid groups (broad SMARTS) is 1. The Balaban J connectivity index is 2.98. The largest absolute Gasteiger partial charge is 0.507 e. The maximum Gasteiger partial charge on any atom is 0.331 e. The Morgan fingerprint density at radius 1 is 1.67 bits per heavy atom. The van der Waals surface area contributed by atoms with Gasteiger partial charge in [0.05, 0.1) is 5.70 Å². The molecule has 66 valence electrons. The highest BCUT2D eigenvalue weighted by Crippen LogP contribution is 2.19. The molecule has 1 rings (SSSR count). The second-order valence-electron chi connectivity index (χ2n) is 2.54. The van der Waals surface area contributed by atoms with Crippen LogP contribution in [-0.2, 0) is 4.79 Å². The molecule has 0 spiro atoms. The van der Waals surface area contributed by atoms with Crippen molar-refractivity contribution in [3.05, 3.63) is 23.1 Å². The molecule has 5 nitrogen and oxygen atoms in total. The summed E-state index contributed by atoms with van der Waals surface area (Å²) in [5.41, 5.74) is 5.13. The summed E-state index contributed by atoms with van der Waals surface area (Å²) in [6.45, 7) is 0. The SMILES string of the molecule is NC1=C(O)[C@H](O)CC(C(=O)O)=C1. The zero-order valence-corrected chi connectivity index (χ0v) is 6.19. The van der Waals surface area contributed by atoms with Crippen LogP contribution < -0.4 is 5.73 Å². The van der Waals surface area contributed by atoms with Crippen molar-refractivity contribution in [2.75, 3.05) is 0 Å².